The second-order valence-electron chi connectivity index (χ2n) is 3.92. The number of halogens is 3. The maximum Gasteiger partial charge on any atom is 0.420 e. The van der Waals surface area contributed by atoms with Crippen LogP contribution in [0.1, 0.15) is 17.5 Å². The second-order valence-corrected chi connectivity index (χ2v) is 3.92. The topological polar surface area (TPSA) is 42.2 Å². The largest absolute Gasteiger partial charge is 0.487 e. The Kier molecular flexibility index (Phi) is 3.43. The summed E-state index contributed by atoms with van der Waals surface area (Å²) in [5.41, 5.74) is -0.967. The highest BCUT2D eigenvalue weighted by molar-refractivity contribution is 5.43. The van der Waals surface area contributed by atoms with Crippen LogP contribution >= 0.6 is 0 Å². The summed E-state index contributed by atoms with van der Waals surface area (Å²) in [5.74, 6) is -0.253. The molecule has 1 heterocycles. The van der Waals surface area contributed by atoms with E-state index in [2.05, 4.69) is 0 Å². The van der Waals surface area contributed by atoms with E-state index in [-0.39, 0.29) is 24.0 Å². The first-order valence-electron chi connectivity index (χ1n) is 5.36. The lowest BCUT2D eigenvalue weighted by molar-refractivity contribution is -0.139. The lowest BCUT2D eigenvalue weighted by Gasteiger charge is -2.17. The van der Waals surface area contributed by atoms with Crippen LogP contribution in [0.25, 0.3) is 0 Å². The fourth-order valence-electron chi connectivity index (χ4n) is 1.71. The average molecular weight is 257 g/mol. The third-order valence-electron chi connectivity index (χ3n) is 2.60. The van der Waals surface area contributed by atoms with E-state index in [1.54, 1.807) is 6.07 Å². The van der Waals surface area contributed by atoms with Crippen molar-refractivity contribution in [1.82, 2.24) is 0 Å². The maximum atomic E-state index is 12.8. The van der Waals surface area contributed by atoms with Crippen LogP contribution in [-0.4, -0.2) is 19.3 Å². The van der Waals surface area contributed by atoms with Gasteiger partial charge in [-0.25, -0.2) is 0 Å². The zero-order valence-corrected chi connectivity index (χ0v) is 9.33. The molecule has 3 nitrogen and oxygen atoms in total. The van der Waals surface area contributed by atoms with E-state index in [1.165, 1.54) is 12.1 Å². The molecule has 0 radical (unpaired) electrons. The summed E-state index contributed by atoms with van der Waals surface area (Å²) in [7, 11) is 0. The van der Waals surface area contributed by atoms with Crippen molar-refractivity contribution < 1.29 is 22.6 Å². The van der Waals surface area contributed by atoms with E-state index in [1.807, 2.05) is 0 Å². The molecule has 1 aliphatic rings. The minimum Gasteiger partial charge on any atom is -0.487 e. The van der Waals surface area contributed by atoms with Gasteiger partial charge in [0.1, 0.15) is 11.9 Å². The van der Waals surface area contributed by atoms with Crippen LogP contribution in [0.2, 0.25) is 0 Å². The number of nitriles is 1. The van der Waals surface area contributed by atoms with Gasteiger partial charge in [-0.2, -0.15) is 18.4 Å². The number of benzene rings is 1. The molecule has 6 heteroatoms. The summed E-state index contributed by atoms with van der Waals surface area (Å²) in [5, 5.41) is 8.62. The molecule has 0 aromatic heterocycles. The maximum absolute atomic E-state index is 12.8. The van der Waals surface area contributed by atoms with E-state index in [9.17, 15) is 13.2 Å². The normalized spacial score (nSPS) is 19.6. The van der Waals surface area contributed by atoms with Gasteiger partial charge in [0.15, 0.2) is 0 Å². The molecule has 1 saturated heterocycles. The van der Waals surface area contributed by atoms with E-state index in [0.29, 0.717) is 13.0 Å². The first-order valence-corrected chi connectivity index (χ1v) is 5.36. The molecule has 0 unspecified atom stereocenters. The van der Waals surface area contributed by atoms with Gasteiger partial charge in [-0.05, 0) is 18.2 Å². The van der Waals surface area contributed by atoms with Crippen LogP contribution in [0.15, 0.2) is 18.2 Å². The summed E-state index contributed by atoms with van der Waals surface area (Å²) >= 11 is 0. The monoisotopic (exact) mass is 257 g/mol. The smallest absolute Gasteiger partial charge is 0.420 e. The molecule has 0 saturated carbocycles. The number of nitrogens with zero attached hydrogens (tertiary/aromatic N) is 1. The van der Waals surface area contributed by atoms with Gasteiger partial charge in [0.2, 0.25) is 0 Å². The Hall–Kier alpha value is -1.74. The van der Waals surface area contributed by atoms with Crippen molar-refractivity contribution in [2.45, 2.75) is 18.7 Å². The highest BCUT2D eigenvalue weighted by atomic mass is 19.4. The summed E-state index contributed by atoms with van der Waals surface area (Å²) in [6.45, 7) is 0.777. The Bertz CT molecular complexity index is 473. The van der Waals surface area contributed by atoms with Crippen LogP contribution < -0.4 is 4.74 Å². The van der Waals surface area contributed by atoms with Crippen LogP contribution in [0.5, 0.6) is 5.75 Å². The van der Waals surface area contributed by atoms with Gasteiger partial charge in [0.05, 0.1) is 30.4 Å². The van der Waals surface area contributed by atoms with Crippen molar-refractivity contribution in [3.05, 3.63) is 29.3 Å². The minimum absolute atomic E-state index is 0.0441. The lowest BCUT2D eigenvalue weighted by Crippen LogP contribution is -2.18. The molecule has 1 aromatic carbocycles. The lowest BCUT2D eigenvalue weighted by atomic mass is 10.1. The van der Waals surface area contributed by atoms with Gasteiger partial charge in [-0.15, -0.1) is 0 Å². The van der Waals surface area contributed by atoms with E-state index in [4.69, 9.17) is 14.7 Å². The van der Waals surface area contributed by atoms with E-state index >= 15 is 0 Å². The Morgan fingerprint density at radius 2 is 2.17 bits per heavy atom. The predicted molar refractivity (Wildman–Crippen MR) is 56.0 cm³/mol. The first-order chi connectivity index (χ1) is 8.50. The second kappa shape index (κ2) is 4.86. The SMILES string of the molecule is N#Cc1ccc(O[C@@H]2CCOC2)c(C(F)(F)F)c1. The van der Waals surface area contributed by atoms with Crippen molar-refractivity contribution in [2.24, 2.45) is 0 Å². The molecular formula is C12H10F3NO2. The molecule has 1 aliphatic heterocycles. The molecule has 0 aliphatic carbocycles. The fraction of sp³-hybridized carbons (Fsp3) is 0.417. The minimum atomic E-state index is -4.54. The predicted octanol–water partition coefficient (Wildman–Crippen LogP) is 2.74. The van der Waals surface area contributed by atoms with E-state index < -0.39 is 11.7 Å². The highest BCUT2D eigenvalue weighted by Gasteiger charge is 2.35. The van der Waals surface area contributed by atoms with Crippen molar-refractivity contribution in [3.8, 4) is 11.8 Å². The van der Waals surface area contributed by atoms with Gasteiger partial charge in [0.25, 0.3) is 0 Å². The van der Waals surface area contributed by atoms with Crippen molar-refractivity contribution >= 4 is 0 Å². The van der Waals surface area contributed by atoms with Crippen molar-refractivity contribution in [3.63, 3.8) is 0 Å². The molecular weight excluding hydrogens is 247 g/mol. The summed E-state index contributed by atoms with van der Waals surface area (Å²) < 4.78 is 48.8. The van der Waals surface area contributed by atoms with Gasteiger partial charge in [0, 0.05) is 6.42 Å². The molecule has 1 fully saturated rings. The Balaban J connectivity index is 2.30. The van der Waals surface area contributed by atoms with Crippen LogP contribution in [0.3, 0.4) is 0 Å². The molecule has 0 N–H and O–H groups in total. The van der Waals surface area contributed by atoms with Gasteiger partial charge in [-0.3, -0.25) is 0 Å². The molecule has 0 amide bonds. The van der Waals surface area contributed by atoms with Crippen LogP contribution in [0, 0.1) is 11.3 Å². The summed E-state index contributed by atoms with van der Waals surface area (Å²) in [4.78, 5) is 0. The zero-order valence-electron chi connectivity index (χ0n) is 9.33. The third kappa shape index (κ3) is 2.74. The van der Waals surface area contributed by atoms with Crippen LogP contribution in [0.4, 0.5) is 13.2 Å². The number of hydrogen-bond donors (Lipinski definition) is 0. The quantitative estimate of drug-likeness (QED) is 0.818. The Labute approximate surface area is 102 Å². The average Bonchev–Trinajstić information content (AvgIpc) is 2.81. The molecule has 2 rings (SSSR count). The van der Waals surface area contributed by atoms with E-state index in [0.717, 1.165) is 6.07 Å². The molecule has 1 atom stereocenters. The molecule has 0 spiro atoms. The highest BCUT2D eigenvalue weighted by Crippen LogP contribution is 2.37. The number of ether oxygens (including phenoxy) is 2. The Morgan fingerprint density at radius 3 is 2.72 bits per heavy atom. The van der Waals surface area contributed by atoms with Gasteiger partial charge in [-0.1, -0.05) is 0 Å². The summed E-state index contributed by atoms with van der Waals surface area (Å²) in [6.07, 6.45) is -4.34. The molecule has 96 valence electrons. The van der Waals surface area contributed by atoms with Crippen LogP contribution in [-0.2, 0) is 10.9 Å². The number of alkyl halides is 3. The zero-order chi connectivity index (χ0) is 13.2. The van der Waals surface area contributed by atoms with Crippen molar-refractivity contribution in [2.75, 3.05) is 13.2 Å². The van der Waals surface area contributed by atoms with Crippen molar-refractivity contribution in [1.29, 1.82) is 5.26 Å². The fourth-order valence-corrected chi connectivity index (χ4v) is 1.71. The third-order valence-corrected chi connectivity index (χ3v) is 2.60. The summed E-state index contributed by atoms with van der Waals surface area (Å²) in [6, 6.07) is 4.96. The first kappa shape index (κ1) is 12.7. The number of hydrogen-bond acceptors (Lipinski definition) is 3. The Morgan fingerprint density at radius 1 is 1.39 bits per heavy atom. The van der Waals surface area contributed by atoms with Gasteiger partial charge >= 0.3 is 6.18 Å². The molecule has 1 aromatic rings. The molecule has 0 bridgehead atoms. The number of rotatable bonds is 2. The molecule has 18 heavy (non-hydrogen) atoms. The standard InChI is InChI=1S/C12H10F3NO2/c13-12(14,15)10-5-8(6-16)1-2-11(10)18-9-3-4-17-7-9/h1-2,5,9H,3-4,7H2/t9-/m1/s1. The van der Waals surface area contributed by atoms with Gasteiger partial charge < -0.3 is 9.47 Å².